The van der Waals surface area contributed by atoms with E-state index >= 15 is 0 Å². The van der Waals surface area contributed by atoms with Crippen molar-refractivity contribution >= 4 is 40.4 Å². The molecule has 0 unspecified atom stereocenters. The number of hydrogen-bond donors (Lipinski definition) is 2. The van der Waals surface area contributed by atoms with Crippen molar-refractivity contribution in [1.82, 2.24) is 5.43 Å². The molecule has 0 amide bonds. The van der Waals surface area contributed by atoms with Gasteiger partial charge in [-0.05, 0) is 6.07 Å². The van der Waals surface area contributed by atoms with Crippen molar-refractivity contribution in [2.45, 2.75) is 0 Å². The lowest BCUT2D eigenvalue weighted by Gasteiger charge is -2.00. The summed E-state index contributed by atoms with van der Waals surface area (Å²) in [6.07, 6.45) is 0. The van der Waals surface area contributed by atoms with Gasteiger partial charge >= 0.3 is 0 Å². The van der Waals surface area contributed by atoms with Crippen LogP contribution in [0.15, 0.2) is 11.1 Å². The van der Waals surface area contributed by atoms with E-state index in [2.05, 4.69) is 10.4 Å². The first-order valence-corrected chi connectivity index (χ1v) is 4.65. The summed E-state index contributed by atoms with van der Waals surface area (Å²) >= 11 is 12.9. The highest BCUT2D eigenvalue weighted by Gasteiger charge is 2.10. The van der Waals surface area contributed by atoms with Crippen molar-refractivity contribution in [3.8, 4) is 0 Å². The Morgan fingerprint density at radius 2 is 2.33 bits per heavy atom. The first-order valence-electron chi connectivity index (χ1n) is 3.07. The number of hydrogen-bond acceptors (Lipinski definition) is 3. The molecular formula is C6H7Cl2N3S. The van der Waals surface area contributed by atoms with Crippen LogP contribution < -0.4 is 11.3 Å². The lowest BCUT2D eigenvalue weighted by molar-refractivity contribution is 1.02. The van der Waals surface area contributed by atoms with Crippen LogP contribution in [-0.4, -0.2) is 12.9 Å². The molecule has 0 saturated heterocycles. The summed E-state index contributed by atoms with van der Waals surface area (Å²) < 4.78 is 1.20. The minimum atomic E-state index is 0.531. The molecule has 1 rings (SSSR count). The fourth-order valence-electron chi connectivity index (χ4n) is 0.764. The first-order chi connectivity index (χ1) is 5.69. The molecule has 0 radical (unpaired) electrons. The van der Waals surface area contributed by atoms with Gasteiger partial charge in [-0.1, -0.05) is 23.2 Å². The SMILES string of the molecule is CN=C(NN)c1cc(Cl)sc1Cl. The van der Waals surface area contributed by atoms with Crippen LogP contribution >= 0.6 is 34.5 Å². The van der Waals surface area contributed by atoms with Crippen molar-refractivity contribution in [1.29, 1.82) is 0 Å². The van der Waals surface area contributed by atoms with E-state index in [1.807, 2.05) is 0 Å². The van der Waals surface area contributed by atoms with Gasteiger partial charge in [0.1, 0.15) is 10.2 Å². The Bertz CT molecular complexity index is 308. The number of aliphatic imine (C=N–C) groups is 1. The van der Waals surface area contributed by atoms with Crippen LogP contribution in [0.1, 0.15) is 5.56 Å². The Hall–Kier alpha value is -0.290. The highest BCUT2D eigenvalue weighted by molar-refractivity contribution is 7.20. The molecule has 66 valence electrons. The quantitative estimate of drug-likeness (QED) is 0.331. The Morgan fingerprint density at radius 1 is 1.67 bits per heavy atom. The minimum Gasteiger partial charge on any atom is -0.308 e. The molecule has 0 aliphatic carbocycles. The Kier molecular flexibility index (Phi) is 3.34. The summed E-state index contributed by atoms with van der Waals surface area (Å²) in [6, 6.07) is 1.72. The van der Waals surface area contributed by atoms with Crippen LogP contribution in [0.3, 0.4) is 0 Å². The molecule has 12 heavy (non-hydrogen) atoms. The predicted octanol–water partition coefficient (Wildman–Crippen LogP) is 1.89. The maximum absolute atomic E-state index is 5.86. The van der Waals surface area contributed by atoms with E-state index in [9.17, 15) is 0 Å². The maximum Gasteiger partial charge on any atom is 0.144 e. The second kappa shape index (κ2) is 4.09. The summed E-state index contributed by atoms with van der Waals surface area (Å²) in [5.41, 5.74) is 3.17. The topological polar surface area (TPSA) is 50.4 Å². The van der Waals surface area contributed by atoms with E-state index in [0.717, 1.165) is 5.56 Å². The average Bonchev–Trinajstić information content (AvgIpc) is 2.34. The third-order valence-electron chi connectivity index (χ3n) is 1.27. The third-order valence-corrected chi connectivity index (χ3v) is 2.76. The lowest BCUT2D eigenvalue weighted by atomic mass is 10.3. The van der Waals surface area contributed by atoms with E-state index in [4.69, 9.17) is 29.0 Å². The van der Waals surface area contributed by atoms with Crippen LogP contribution in [0.5, 0.6) is 0 Å². The van der Waals surface area contributed by atoms with Gasteiger partial charge in [0.05, 0.1) is 4.34 Å². The molecule has 0 bridgehead atoms. The lowest BCUT2D eigenvalue weighted by Crippen LogP contribution is -2.30. The normalized spacial score (nSPS) is 11.8. The second-order valence-corrected chi connectivity index (χ2v) is 4.24. The number of amidine groups is 1. The van der Waals surface area contributed by atoms with E-state index in [1.54, 1.807) is 13.1 Å². The van der Waals surface area contributed by atoms with Gasteiger partial charge in [-0.2, -0.15) is 0 Å². The van der Waals surface area contributed by atoms with Crippen LogP contribution in [0, 0.1) is 0 Å². The number of nitrogens with one attached hydrogen (secondary N) is 1. The number of nitrogens with two attached hydrogens (primary N) is 1. The zero-order valence-electron chi connectivity index (χ0n) is 6.27. The van der Waals surface area contributed by atoms with Crippen LogP contribution in [-0.2, 0) is 0 Å². The molecule has 3 nitrogen and oxygen atoms in total. The van der Waals surface area contributed by atoms with E-state index in [0.29, 0.717) is 14.5 Å². The van der Waals surface area contributed by atoms with Crippen molar-refractivity contribution < 1.29 is 0 Å². The van der Waals surface area contributed by atoms with E-state index in [-0.39, 0.29) is 0 Å². The number of hydrazine groups is 1. The van der Waals surface area contributed by atoms with Gasteiger partial charge in [-0.15, -0.1) is 11.3 Å². The summed E-state index contributed by atoms with van der Waals surface area (Å²) in [7, 11) is 1.62. The Morgan fingerprint density at radius 3 is 2.67 bits per heavy atom. The number of thiophene rings is 1. The van der Waals surface area contributed by atoms with Crippen molar-refractivity contribution in [3.63, 3.8) is 0 Å². The van der Waals surface area contributed by atoms with Crippen LogP contribution in [0.2, 0.25) is 8.67 Å². The summed E-state index contributed by atoms with van der Waals surface area (Å²) in [4.78, 5) is 3.90. The highest BCUT2D eigenvalue weighted by Crippen LogP contribution is 2.30. The van der Waals surface area contributed by atoms with Gasteiger partial charge in [-0.25, -0.2) is 5.84 Å². The number of rotatable bonds is 1. The molecule has 1 aromatic rings. The fraction of sp³-hybridized carbons (Fsp3) is 0.167. The first kappa shape index (κ1) is 9.80. The highest BCUT2D eigenvalue weighted by atomic mass is 35.5. The van der Waals surface area contributed by atoms with Crippen molar-refractivity contribution in [2.75, 3.05) is 7.05 Å². The van der Waals surface area contributed by atoms with Gasteiger partial charge in [-0.3, -0.25) is 4.99 Å². The molecule has 0 atom stereocenters. The second-order valence-electron chi connectivity index (χ2n) is 1.95. The average molecular weight is 224 g/mol. The monoisotopic (exact) mass is 223 g/mol. The van der Waals surface area contributed by atoms with Crippen molar-refractivity contribution in [2.24, 2.45) is 10.8 Å². The maximum atomic E-state index is 5.86. The Balaban J connectivity index is 3.09. The van der Waals surface area contributed by atoms with Gasteiger partial charge in [0, 0.05) is 12.6 Å². The van der Waals surface area contributed by atoms with Gasteiger partial charge in [0.25, 0.3) is 0 Å². The number of nitrogens with zero attached hydrogens (tertiary/aromatic N) is 1. The molecule has 3 N–H and O–H groups in total. The largest absolute Gasteiger partial charge is 0.308 e. The van der Waals surface area contributed by atoms with E-state index in [1.165, 1.54) is 11.3 Å². The summed E-state index contributed by atoms with van der Waals surface area (Å²) in [5, 5.41) is 0. The zero-order valence-corrected chi connectivity index (χ0v) is 8.59. The summed E-state index contributed by atoms with van der Waals surface area (Å²) in [5.74, 6) is 5.75. The van der Waals surface area contributed by atoms with E-state index < -0.39 is 0 Å². The summed E-state index contributed by atoms with van der Waals surface area (Å²) in [6.45, 7) is 0. The predicted molar refractivity (Wildman–Crippen MR) is 54.1 cm³/mol. The van der Waals surface area contributed by atoms with Gasteiger partial charge < -0.3 is 5.43 Å². The molecule has 6 heteroatoms. The van der Waals surface area contributed by atoms with Crippen LogP contribution in [0.4, 0.5) is 0 Å². The number of halogens is 2. The smallest absolute Gasteiger partial charge is 0.144 e. The Labute approximate surface area is 84.2 Å². The van der Waals surface area contributed by atoms with Crippen LogP contribution in [0.25, 0.3) is 0 Å². The molecule has 1 heterocycles. The van der Waals surface area contributed by atoms with Crippen molar-refractivity contribution in [3.05, 3.63) is 20.3 Å². The standard InChI is InChI=1S/C6H7Cl2N3S/c1-10-6(11-9)3-2-4(7)12-5(3)8/h2H,9H2,1H3,(H,10,11). The molecule has 1 aromatic heterocycles. The molecule has 0 aliphatic heterocycles. The molecule has 0 saturated carbocycles. The minimum absolute atomic E-state index is 0.531. The van der Waals surface area contributed by atoms with Gasteiger partial charge in [0.2, 0.25) is 0 Å². The molecule has 0 fully saturated rings. The fourth-order valence-corrected chi connectivity index (χ4v) is 2.23. The molecule has 0 aliphatic rings. The third kappa shape index (κ3) is 1.90. The molecule has 0 aromatic carbocycles. The molecule has 0 spiro atoms. The van der Waals surface area contributed by atoms with Gasteiger partial charge in [0.15, 0.2) is 0 Å². The molecular weight excluding hydrogens is 217 g/mol. The zero-order chi connectivity index (χ0) is 9.14.